The van der Waals surface area contributed by atoms with Crippen molar-refractivity contribution < 1.29 is 0 Å². The van der Waals surface area contributed by atoms with Crippen molar-refractivity contribution >= 4 is 29.2 Å². The van der Waals surface area contributed by atoms with Crippen LogP contribution in [-0.4, -0.2) is 11.3 Å². The van der Waals surface area contributed by atoms with Crippen LogP contribution in [0, 0.1) is 13.8 Å². The number of anilines is 1. The topological polar surface area (TPSA) is 36.4 Å². The Balaban J connectivity index is 1.90. The molecule has 0 heterocycles. The van der Waals surface area contributed by atoms with Crippen molar-refractivity contribution in [1.82, 2.24) is 5.43 Å². The van der Waals surface area contributed by atoms with Gasteiger partial charge in [0.05, 0.1) is 0 Å². The molecule has 0 aromatic heterocycles. The molecule has 2 N–H and O–H groups in total. The quantitative estimate of drug-likeness (QED) is 0.500. The van der Waals surface area contributed by atoms with E-state index in [0.29, 0.717) is 5.11 Å². The van der Waals surface area contributed by atoms with Gasteiger partial charge in [-0.15, -0.1) is 0 Å². The maximum atomic E-state index is 5.27. The molecule has 0 amide bonds. The molecule has 0 aliphatic heterocycles. The number of nitrogens with one attached hydrogen (secondary N) is 2. The van der Waals surface area contributed by atoms with E-state index in [2.05, 4.69) is 60.0 Å². The van der Waals surface area contributed by atoms with E-state index in [-0.39, 0.29) is 5.92 Å². The minimum atomic E-state index is 0.234. The Hall–Kier alpha value is -2.20. The summed E-state index contributed by atoms with van der Waals surface area (Å²) in [6.07, 6.45) is 1.85. The van der Waals surface area contributed by atoms with Crippen LogP contribution < -0.4 is 10.7 Å². The number of rotatable bonds is 4. The molecule has 2 aromatic rings. The molecule has 0 bridgehead atoms. The van der Waals surface area contributed by atoms with Crippen LogP contribution in [0.25, 0.3) is 0 Å². The molecule has 3 nitrogen and oxygen atoms in total. The van der Waals surface area contributed by atoms with Crippen molar-refractivity contribution in [2.75, 3.05) is 5.32 Å². The predicted molar refractivity (Wildman–Crippen MR) is 98.6 cm³/mol. The lowest BCUT2D eigenvalue weighted by atomic mass is 10.0. The SMILES string of the molecule is Cc1ccc(C)c(NC(=S)N/N=C\[C@H](C)c2ccccc2)c1. The number of benzene rings is 2. The Morgan fingerprint density at radius 3 is 2.59 bits per heavy atom. The average Bonchev–Trinajstić information content (AvgIpc) is 2.51. The summed E-state index contributed by atoms with van der Waals surface area (Å²) in [6, 6.07) is 16.5. The molecule has 0 saturated heterocycles. The highest BCUT2D eigenvalue weighted by Gasteiger charge is 2.02. The lowest BCUT2D eigenvalue weighted by molar-refractivity contribution is 0.983. The van der Waals surface area contributed by atoms with Crippen molar-refractivity contribution in [1.29, 1.82) is 0 Å². The summed E-state index contributed by atoms with van der Waals surface area (Å²) in [5.41, 5.74) is 7.44. The molecule has 0 aliphatic carbocycles. The average molecular weight is 311 g/mol. The minimum absolute atomic E-state index is 0.234. The number of hydrogen-bond donors (Lipinski definition) is 2. The van der Waals surface area contributed by atoms with Gasteiger partial charge in [0.15, 0.2) is 5.11 Å². The summed E-state index contributed by atoms with van der Waals surface area (Å²) in [6.45, 7) is 6.20. The largest absolute Gasteiger partial charge is 0.331 e. The Kier molecular flexibility index (Phi) is 5.67. The summed E-state index contributed by atoms with van der Waals surface area (Å²) in [7, 11) is 0. The molecule has 2 rings (SSSR count). The summed E-state index contributed by atoms with van der Waals surface area (Å²) >= 11 is 5.27. The third-order valence-corrected chi connectivity index (χ3v) is 3.62. The second kappa shape index (κ2) is 7.71. The van der Waals surface area contributed by atoms with Crippen LogP contribution in [0.3, 0.4) is 0 Å². The fourth-order valence-corrected chi connectivity index (χ4v) is 2.23. The molecular formula is C18H21N3S. The summed E-state index contributed by atoms with van der Waals surface area (Å²) < 4.78 is 0. The van der Waals surface area contributed by atoms with E-state index in [9.17, 15) is 0 Å². The first-order valence-electron chi connectivity index (χ1n) is 7.28. The first kappa shape index (κ1) is 16.2. The predicted octanol–water partition coefficient (Wildman–Crippen LogP) is 4.38. The van der Waals surface area contributed by atoms with E-state index < -0.39 is 0 Å². The Labute approximate surface area is 137 Å². The zero-order valence-electron chi connectivity index (χ0n) is 13.1. The number of aryl methyl sites for hydroxylation is 2. The van der Waals surface area contributed by atoms with Crippen LogP contribution >= 0.6 is 12.2 Å². The summed E-state index contributed by atoms with van der Waals surface area (Å²) in [5, 5.41) is 7.88. The zero-order valence-corrected chi connectivity index (χ0v) is 13.9. The maximum absolute atomic E-state index is 5.27. The number of hydrazone groups is 1. The Bertz CT molecular complexity index is 665. The van der Waals surface area contributed by atoms with Gasteiger partial charge in [-0.05, 0) is 48.8 Å². The highest BCUT2D eigenvalue weighted by molar-refractivity contribution is 7.80. The molecule has 0 saturated carbocycles. The van der Waals surface area contributed by atoms with Gasteiger partial charge < -0.3 is 5.32 Å². The summed E-state index contributed by atoms with van der Waals surface area (Å²) in [5.74, 6) is 0.234. The molecule has 0 spiro atoms. The van der Waals surface area contributed by atoms with Crippen LogP contribution in [0.4, 0.5) is 5.69 Å². The van der Waals surface area contributed by atoms with Gasteiger partial charge in [0.2, 0.25) is 0 Å². The number of thiocarbonyl (C=S) groups is 1. The second-order valence-corrected chi connectivity index (χ2v) is 5.77. The molecule has 4 heteroatoms. The standard InChI is InChI=1S/C18H21N3S/c1-13-9-10-14(2)17(11-13)20-18(22)21-19-12-15(3)16-7-5-4-6-8-16/h4-12,15H,1-3H3,(H2,20,21,22)/b19-12-/t15-/m0/s1. The van der Waals surface area contributed by atoms with E-state index in [4.69, 9.17) is 12.2 Å². The van der Waals surface area contributed by atoms with Crippen molar-refractivity contribution in [3.8, 4) is 0 Å². The Morgan fingerprint density at radius 2 is 1.86 bits per heavy atom. The van der Waals surface area contributed by atoms with Gasteiger partial charge in [0.25, 0.3) is 0 Å². The fraction of sp³-hybridized carbons (Fsp3) is 0.222. The van der Waals surface area contributed by atoms with E-state index >= 15 is 0 Å². The highest BCUT2D eigenvalue weighted by atomic mass is 32.1. The van der Waals surface area contributed by atoms with Crippen LogP contribution in [0.2, 0.25) is 0 Å². The van der Waals surface area contributed by atoms with Gasteiger partial charge in [-0.25, -0.2) is 0 Å². The van der Waals surface area contributed by atoms with Crippen LogP contribution in [0.1, 0.15) is 29.5 Å². The van der Waals surface area contributed by atoms with Gasteiger partial charge in [-0.1, -0.05) is 49.4 Å². The van der Waals surface area contributed by atoms with Crippen LogP contribution in [0.5, 0.6) is 0 Å². The molecule has 22 heavy (non-hydrogen) atoms. The van der Waals surface area contributed by atoms with E-state index in [0.717, 1.165) is 11.3 Å². The van der Waals surface area contributed by atoms with Crippen molar-refractivity contribution in [3.05, 3.63) is 65.2 Å². The third-order valence-electron chi connectivity index (χ3n) is 3.43. The minimum Gasteiger partial charge on any atom is -0.331 e. The maximum Gasteiger partial charge on any atom is 0.191 e. The van der Waals surface area contributed by atoms with Gasteiger partial charge in [0, 0.05) is 17.8 Å². The monoisotopic (exact) mass is 311 g/mol. The highest BCUT2D eigenvalue weighted by Crippen LogP contribution is 2.16. The number of hydrogen-bond acceptors (Lipinski definition) is 2. The number of nitrogens with zero attached hydrogens (tertiary/aromatic N) is 1. The van der Waals surface area contributed by atoms with E-state index in [1.165, 1.54) is 11.1 Å². The van der Waals surface area contributed by atoms with Crippen molar-refractivity contribution in [3.63, 3.8) is 0 Å². The normalized spacial score (nSPS) is 12.1. The van der Waals surface area contributed by atoms with E-state index in [1.54, 1.807) is 0 Å². The van der Waals surface area contributed by atoms with E-state index in [1.807, 2.05) is 31.3 Å². The fourth-order valence-electron chi connectivity index (χ4n) is 2.07. The smallest absolute Gasteiger partial charge is 0.191 e. The van der Waals surface area contributed by atoms with Crippen molar-refractivity contribution in [2.45, 2.75) is 26.7 Å². The molecule has 2 aromatic carbocycles. The van der Waals surface area contributed by atoms with Crippen molar-refractivity contribution in [2.24, 2.45) is 5.10 Å². The molecule has 0 unspecified atom stereocenters. The molecule has 0 radical (unpaired) electrons. The van der Waals surface area contributed by atoms with Crippen LogP contribution in [0.15, 0.2) is 53.6 Å². The zero-order chi connectivity index (χ0) is 15.9. The molecule has 1 atom stereocenters. The molecule has 0 fully saturated rings. The lowest BCUT2D eigenvalue weighted by Crippen LogP contribution is -2.24. The first-order valence-corrected chi connectivity index (χ1v) is 7.69. The molecular weight excluding hydrogens is 290 g/mol. The summed E-state index contributed by atoms with van der Waals surface area (Å²) in [4.78, 5) is 0. The molecule has 0 aliphatic rings. The van der Waals surface area contributed by atoms with Crippen LogP contribution in [-0.2, 0) is 0 Å². The Morgan fingerprint density at radius 1 is 1.14 bits per heavy atom. The van der Waals surface area contributed by atoms with Gasteiger partial charge in [0.1, 0.15) is 0 Å². The third kappa shape index (κ3) is 4.67. The van der Waals surface area contributed by atoms with Gasteiger partial charge in [-0.2, -0.15) is 5.10 Å². The molecule has 114 valence electrons. The lowest BCUT2D eigenvalue weighted by Gasteiger charge is -2.11. The first-order chi connectivity index (χ1) is 10.6. The van der Waals surface area contributed by atoms with Gasteiger partial charge >= 0.3 is 0 Å². The second-order valence-electron chi connectivity index (χ2n) is 5.36. The van der Waals surface area contributed by atoms with Gasteiger partial charge in [-0.3, -0.25) is 5.43 Å².